The van der Waals surface area contributed by atoms with Crippen molar-refractivity contribution in [1.82, 2.24) is 27.3 Å². The molecule has 1 aromatic heterocycles. The van der Waals surface area contributed by atoms with Crippen LogP contribution in [0.3, 0.4) is 0 Å². The highest BCUT2D eigenvalue weighted by Gasteiger charge is 2.10. The third-order valence-corrected chi connectivity index (χ3v) is 1.53. The van der Waals surface area contributed by atoms with Gasteiger partial charge in [0.25, 0.3) is 0 Å². The molecule has 1 aromatic rings. The third kappa shape index (κ3) is 14.1. The molecule has 19 heavy (non-hydrogen) atoms. The van der Waals surface area contributed by atoms with Crippen molar-refractivity contribution >= 4 is 25.7 Å². The molecule has 0 unspecified atom stereocenters. The van der Waals surface area contributed by atoms with Crippen LogP contribution in [-0.2, 0) is 9.09 Å². The van der Waals surface area contributed by atoms with Crippen LogP contribution in [0.2, 0.25) is 0 Å². The van der Waals surface area contributed by atoms with Gasteiger partial charge in [0.15, 0.2) is 0 Å². The van der Waals surface area contributed by atoms with Crippen molar-refractivity contribution in [3.05, 3.63) is 12.7 Å². The van der Waals surface area contributed by atoms with Crippen LogP contribution in [0.25, 0.3) is 0 Å². The van der Waals surface area contributed by atoms with Crippen molar-refractivity contribution in [2.75, 3.05) is 23.8 Å². The monoisotopic (exact) mass is 298 g/mol. The molecule has 0 fully saturated rings. The predicted molar refractivity (Wildman–Crippen MR) is 71.3 cm³/mol. The Labute approximate surface area is 109 Å². The second-order valence-electron chi connectivity index (χ2n) is 2.49. The fourth-order valence-corrected chi connectivity index (χ4v) is 0.876. The number of nitrogens with two attached hydrogens (primary N) is 3. The van der Waals surface area contributed by atoms with Crippen molar-refractivity contribution in [2.24, 2.45) is 0 Å². The number of phosphoric acid groups is 1. The van der Waals surface area contributed by atoms with E-state index in [4.69, 9.17) is 27.0 Å². The molecular formula is C6H19N8O4P. The van der Waals surface area contributed by atoms with Gasteiger partial charge in [-0.15, -0.1) is 6.58 Å². The summed E-state index contributed by atoms with van der Waals surface area (Å²) in [4.78, 5) is 26.4. The molecule has 0 amide bonds. The third-order valence-electron chi connectivity index (χ3n) is 1.05. The van der Waals surface area contributed by atoms with Gasteiger partial charge in [0.2, 0.25) is 17.8 Å². The summed E-state index contributed by atoms with van der Waals surface area (Å²) in [5.74, 6) is 0.125. The van der Waals surface area contributed by atoms with Gasteiger partial charge in [-0.2, -0.15) is 15.0 Å². The lowest BCUT2D eigenvalue weighted by Crippen LogP contribution is -2.05. The number of aromatic nitrogens is 3. The van der Waals surface area contributed by atoms with Crippen LogP contribution in [-0.4, -0.2) is 31.3 Å². The quantitative estimate of drug-likeness (QED) is 0.268. The van der Waals surface area contributed by atoms with E-state index in [1.165, 1.54) is 6.08 Å². The Morgan fingerprint density at radius 3 is 1.58 bits per heavy atom. The minimum atomic E-state index is -4.25. The number of nitrogens with zero attached hydrogens (tertiary/aromatic N) is 3. The van der Waals surface area contributed by atoms with Gasteiger partial charge >= 0.3 is 7.82 Å². The maximum Gasteiger partial charge on any atom is 0.469 e. The van der Waals surface area contributed by atoms with E-state index in [1.54, 1.807) is 0 Å². The highest BCUT2D eigenvalue weighted by atomic mass is 31.2. The van der Waals surface area contributed by atoms with Crippen molar-refractivity contribution < 1.29 is 18.9 Å². The minimum Gasteiger partial charge on any atom is -0.368 e. The van der Waals surface area contributed by atoms with Crippen molar-refractivity contribution in [3.8, 4) is 0 Å². The Morgan fingerprint density at radius 2 is 1.42 bits per heavy atom. The lowest BCUT2D eigenvalue weighted by Gasteiger charge is -1.98. The molecule has 0 aromatic carbocycles. The largest absolute Gasteiger partial charge is 0.469 e. The number of hydrogen-bond acceptors (Lipinski definition) is 10. The van der Waals surface area contributed by atoms with E-state index in [0.29, 0.717) is 0 Å². The van der Waals surface area contributed by atoms with Crippen molar-refractivity contribution in [1.29, 1.82) is 0 Å². The Kier molecular flexibility index (Phi) is 11.9. The predicted octanol–water partition coefficient (Wildman–Crippen LogP) is -0.776. The molecule has 0 aliphatic rings. The Balaban J connectivity index is -0.000000246. The summed E-state index contributed by atoms with van der Waals surface area (Å²) >= 11 is 0. The van der Waals surface area contributed by atoms with Crippen molar-refractivity contribution in [3.63, 3.8) is 0 Å². The Bertz CT molecular complexity index is 373. The van der Waals surface area contributed by atoms with E-state index in [9.17, 15) is 4.57 Å². The Morgan fingerprint density at radius 1 is 1.11 bits per heavy atom. The molecule has 0 atom stereocenters. The fraction of sp³-hybridized carbons (Fsp3) is 0.167. The van der Waals surface area contributed by atoms with Gasteiger partial charge in [-0.1, -0.05) is 6.08 Å². The zero-order valence-electron chi connectivity index (χ0n) is 10.1. The summed E-state index contributed by atoms with van der Waals surface area (Å²) in [6.07, 6.45) is 1.26. The van der Waals surface area contributed by atoms with Gasteiger partial charge in [-0.3, -0.25) is 4.52 Å². The molecule has 14 N–H and O–H groups in total. The van der Waals surface area contributed by atoms with Gasteiger partial charge in [0, 0.05) is 0 Å². The summed E-state index contributed by atoms with van der Waals surface area (Å²) in [5, 5.41) is 0. The standard InChI is InChI=1S/C3H6N6.C3H7O4P.2H3N/c4-1-7-2(5)9-3(6)8-1;1-2-3-7-8(4,5)6;;/h(H6,4,5,6,7,8,9);2H,1,3H2,(H2,4,5,6);2*1H3. The van der Waals surface area contributed by atoms with Crippen LogP contribution in [0.15, 0.2) is 12.7 Å². The van der Waals surface area contributed by atoms with E-state index < -0.39 is 7.82 Å². The fourth-order valence-electron chi connectivity index (χ4n) is 0.577. The van der Waals surface area contributed by atoms with Crippen LogP contribution in [0.5, 0.6) is 0 Å². The first kappa shape index (κ1) is 22.4. The van der Waals surface area contributed by atoms with Crippen LogP contribution < -0.4 is 29.5 Å². The van der Waals surface area contributed by atoms with Gasteiger partial charge in [-0.25, -0.2) is 4.57 Å². The summed E-state index contributed by atoms with van der Waals surface area (Å²) < 4.78 is 13.7. The number of hydrogen-bond donors (Lipinski definition) is 7. The summed E-state index contributed by atoms with van der Waals surface area (Å²) in [6, 6.07) is 0. The molecular weight excluding hydrogens is 279 g/mol. The first-order valence-electron chi connectivity index (χ1n) is 4.08. The van der Waals surface area contributed by atoms with Crippen LogP contribution >= 0.6 is 7.82 Å². The molecule has 13 heteroatoms. The summed E-state index contributed by atoms with van der Waals surface area (Å²) in [5.41, 5.74) is 15.4. The number of anilines is 3. The lowest BCUT2D eigenvalue weighted by atomic mass is 10.7. The van der Waals surface area contributed by atoms with E-state index in [-0.39, 0.29) is 36.8 Å². The van der Waals surface area contributed by atoms with Gasteiger partial charge in [0.1, 0.15) is 0 Å². The van der Waals surface area contributed by atoms with E-state index >= 15 is 0 Å². The second-order valence-corrected chi connectivity index (χ2v) is 3.72. The minimum absolute atomic E-state index is 0. The van der Waals surface area contributed by atoms with Gasteiger partial charge in [0.05, 0.1) is 6.61 Å². The summed E-state index contributed by atoms with van der Waals surface area (Å²) in [7, 11) is -4.25. The van der Waals surface area contributed by atoms with E-state index in [2.05, 4.69) is 26.1 Å². The first-order valence-corrected chi connectivity index (χ1v) is 5.61. The molecule has 0 aliphatic heterocycles. The molecule has 0 spiro atoms. The normalized spacial score (nSPS) is 9.16. The molecule has 112 valence electrons. The van der Waals surface area contributed by atoms with E-state index in [0.717, 1.165) is 0 Å². The maximum absolute atomic E-state index is 9.81. The highest BCUT2D eigenvalue weighted by Crippen LogP contribution is 2.35. The topological polar surface area (TPSA) is 253 Å². The lowest BCUT2D eigenvalue weighted by molar-refractivity contribution is 0.216. The number of rotatable bonds is 3. The maximum atomic E-state index is 9.81. The zero-order chi connectivity index (χ0) is 13.5. The average Bonchev–Trinajstić information content (AvgIpc) is 2.12. The smallest absolute Gasteiger partial charge is 0.368 e. The van der Waals surface area contributed by atoms with Crippen molar-refractivity contribution in [2.45, 2.75) is 0 Å². The molecule has 0 saturated carbocycles. The Hall–Kier alpha value is -1.82. The molecule has 12 nitrogen and oxygen atoms in total. The van der Waals surface area contributed by atoms with Gasteiger partial charge < -0.3 is 39.3 Å². The molecule has 0 bridgehead atoms. The van der Waals surface area contributed by atoms with Gasteiger partial charge in [-0.05, 0) is 0 Å². The molecule has 1 rings (SSSR count). The average molecular weight is 298 g/mol. The molecule has 0 aliphatic carbocycles. The number of nitrogen functional groups attached to an aromatic ring is 3. The molecule has 0 radical (unpaired) electrons. The number of phosphoric ester groups is 1. The van der Waals surface area contributed by atoms with Crippen LogP contribution in [0.1, 0.15) is 0 Å². The van der Waals surface area contributed by atoms with Crippen LogP contribution in [0.4, 0.5) is 17.8 Å². The zero-order valence-corrected chi connectivity index (χ0v) is 11.0. The highest BCUT2D eigenvalue weighted by molar-refractivity contribution is 7.46. The van der Waals surface area contributed by atoms with E-state index in [1.807, 2.05) is 0 Å². The molecule has 1 heterocycles. The first-order chi connectivity index (χ1) is 7.74. The molecule has 0 saturated heterocycles. The van der Waals surface area contributed by atoms with Crippen LogP contribution in [0, 0.1) is 0 Å². The second kappa shape index (κ2) is 10.1. The SMILES string of the molecule is C=CCOP(=O)(O)O.N.N.Nc1nc(N)nc(N)n1. The summed E-state index contributed by atoms with van der Waals surface area (Å²) in [6.45, 7) is 3.07.